The molecule has 2 rings (SSSR count). The van der Waals surface area contributed by atoms with Gasteiger partial charge in [-0.15, -0.1) is 0 Å². The van der Waals surface area contributed by atoms with Gasteiger partial charge in [-0.1, -0.05) is 0 Å². The predicted octanol–water partition coefficient (Wildman–Crippen LogP) is 1.34. The number of carbonyl (C=O) groups is 2. The van der Waals surface area contributed by atoms with E-state index in [-0.39, 0.29) is 30.8 Å². The van der Waals surface area contributed by atoms with E-state index in [0.29, 0.717) is 25.3 Å². The number of ether oxygens (including phenoxy) is 4. The lowest BCUT2D eigenvalue weighted by Crippen LogP contribution is -2.39. The van der Waals surface area contributed by atoms with E-state index < -0.39 is 0 Å². The highest BCUT2D eigenvalue weighted by atomic mass is 16.5. The van der Waals surface area contributed by atoms with Gasteiger partial charge in [0.2, 0.25) is 0 Å². The van der Waals surface area contributed by atoms with Crippen LogP contribution in [0, 0.1) is 0 Å². The Balaban J connectivity index is 0.000000337. The second-order valence-electron chi connectivity index (χ2n) is 7.84. The first kappa shape index (κ1) is 28.3. The van der Waals surface area contributed by atoms with Crippen LogP contribution in [-0.4, -0.2) is 91.7 Å². The number of nitrogen functional groups attached to an aromatic ring is 1. The van der Waals surface area contributed by atoms with Gasteiger partial charge in [0.05, 0.1) is 25.4 Å². The van der Waals surface area contributed by atoms with E-state index in [1.165, 1.54) is 6.33 Å². The summed E-state index contributed by atoms with van der Waals surface area (Å²) < 4.78 is 21.9. The highest BCUT2D eigenvalue weighted by molar-refractivity contribution is 5.75. The number of anilines is 1. The van der Waals surface area contributed by atoms with Gasteiger partial charge in [-0.05, 0) is 52.9 Å². The van der Waals surface area contributed by atoms with E-state index in [4.69, 9.17) is 19.9 Å². The van der Waals surface area contributed by atoms with Crippen molar-refractivity contribution in [3.05, 3.63) is 24.2 Å². The summed E-state index contributed by atoms with van der Waals surface area (Å²) in [6.07, 6.45) is 3.60. The average Bonchev–Trinajstić information content (AvgIpc) is 3.18. The standard InChI is InChI=1S/C12H18N4O2.C10H19NO4/c1-17-7-10(18-2)5-3-9-4-6-11-12(13)14-8-15-16(9)11;1-8(2)15-10(13)9(11(3)4)5-6-14-7-12/h4,6,8,10H,3,5,7H2,1-2H3,(H2,13,14,15);7-9H,5-6H2,1-4H3. The van der Waals surface area contributed by atoms with Crippen molar-refractivity contribution in [1.29, 1.82) is 0 Å². The first-order valence-corrected chi connectivity index (χ1v) is 10.8. The van der Waals surface area contributed by atoms with Crippen molar-refractivity contribution in [3.63, 3.8) is 0 Å². The van der Waals surface area contributed by atoms with E-state index in [1.54, 1.807) is 47.1 Å². The van der Waals surface area contributed by atoms with Crippen molar-refractivity contribution in [1.82, 2.24) is 19.5 Å². The molecular formula is C22H37N5O6. The average molecular weight is 468 g/mol. The molecule has 186 valence electrons. The molecule has 0 radical (unpaired) electrons. The molecule has 2 N–H and O–H groups in total. The van der Waals surface area contributed by atoms with Crippen molar-refractivity contribution in [2.24, 2.45) is 0 Å². The Hall–Kier alpha value is -2.76. The number of likely N-dealkylation sites (N-methyl/N-ethyl adjacent to an activating group) is 1. The molecule has 0 saturated carbocycles. The van der Waals surface area contributed by atoms with Gasteiger partial charge < -0.3 is 24.7 Å². The van der Waals surface area contributed by atoms with E-state index in [9.17, 15) is 9.59 Å². The van der Waals surface area contributed by atoms with Crippen LogP contribution in [0.3, 0.4) is 0 Å². The lowest BCUT2D eigenvalue weighted by atomic mass is 10.1. The van der Waals surface area contributed by atoms with Crippen LogP contribution in [-0.2, 0) is 35.0 Å². The molecular weight excluding hydrogens is 430 g/mol. The SMILES string of the molecule is CC(C)OC(=O)C(CCOC=O)N(C)C.COCC(CCc1ccc2c(N)ncnn12)OC. The zero-order chi connectivity index (χ0) is 24.8. The fourth-order valence-corrected chi connectivity index (χ4v) is 3.09. The predicted molar refractivity (Wildman–Crippen MR) is 124 cm³/mol. The fraction of sp³-hybridized carbons (Fsp3) is 0.636. The van der Waals surface area contributed by atoms with Gasteiger partial charge in [0.15, 0.2) is 5.82 Å². The van der Waals surface area contributed by atoms with Crippen LogP contribution in [0.25, 0.3) is 5.52 Å². The lowest BCUT2D eigenvalue weighted by Gasteiger charge is -2.23. The monoisotopic (exact) mass is 467 g/mol. The smallest absolute Gasteiger partial charge is 0.323 e. The van der Waals surface area contributed by atoms with Crippen molar-refractivity contribution in [2.45, 2.75) is 51.4 Å². The molecule has 0 spiro atoms. The second kappa shape index (κ2) is 15.1. The topological polar surface area (TPSA) is 131 Å². The van der Waals surface area contributed by atoms with E-state index in [2.05, 4.69) is 14.8 Å². The summed E-state index contributed by atoms with van der Waals surface area (Å²) >= 11 is 0. The van der Waals surface area contributed by atoms with Crippen LogP contribution in [0.4, 0.5) is 5.82 Å². The highest BCUT2D eigenvalue weighted by Crippen LogP contribution is 2.15. The number of hydrogen-bond acceptors (Lipinski definition) is 10. The zero-order valence-electron chi connectivity index (χ0n) is 20.4. The number of hydrogen-bond donors (Lipinski definition) is 1. The number of methoxy groups -OCH3 is 2. The van der Waals surface area contributed by atoms with Gasteiger partial charge in [-0.25, -0.2) is 9.50 Å². The summed E-state index contributed by atoms with van der Waals surface area (Å²) in [6, 6.07) is 3.58. The summed E-state index contributed by atoms with van der Waals surface area (Å²) in [7, 11) is 6.94. The van der Waals surface area contributed by atoms with Crippen molar-refractivity contribution < 1.29 is 28.5 Å². The van der Waals surface area contributed by atoms with E-state index in [0.717, 1.165) is 24.1 Å². The molecule has 2 unspecified atom stereocenters. The van der Waals surface area contributed by atoms with Crippen LogP contribution in [0.2, 0.25) is 0 Å². The molecule has 2 atom stereocenters. The number of carbonyl (C=O) groups excluding carboxylic acids is 2. The molecule has 2 heterocycles. The Bertz CT molecular complexity index is 842. The second-order valence-corrected chi connectivity index (χ2v) is 7.84. The molecule has 0 amide bonds. The maximum absolute atomic E-state index is 11.6. The third-order valence-electron chi connectivity index (χ3n) is 4.79. The summed E-state index contributed by atoms with van der Waals surface area (Å²) in [5, 5.41) is 4.21. The number of esters is 1. The lowest BCUT2D eigenvalue weighted by molar-refractivity contribution is -0.154. The zero-order valence-corrected chi connectivity index (χ0v) is 20.4. The van der Waals surface area contributed by atoms with Crippen molar-refractivity contribution >= 4 is 23.8 Å². The Kier molecular flexibility index (Phi) is 13.0. The van der Waals surface area contributed by atoms with Gasteiger partial charge in [0, 0.05) is 26.3 Å². The molecule has 11 nitrogen and oxygen atoms in total. The van der Waals surface area contributed by atoms with Gasteiger partial charge in [-0.3, -0.25) is 14.5 Å². The molecule has 0 bridgehead atoms. The molecule has 0 aromatic carbocycles. The highest BCUT2D eigenvalue weighted by Gasteiger charge is 2.23. The maximum Gasteiger partial charge on any atom is 0.323 e. The Morgan fingerprint density at radius 1 is 1.24 bits per heavy atom. The normalized spacial score (nSPS) is 12.8. The summed E-state index contributed by atoms with van der Waals surface area (Å²) in [5.74, 6) is 0.209. The van der Waals surface area contributed by atoms with Crippen molar-refractivity contribution in [3.8, 4) is 0 Å². The van der Waals surface area contributed by atoms with Crippen LogP contribution >= 0.6 is 0 Å². The number of nitrogens with two attached hydrogens (primary N) is 1. The molecule has 33 heavy (non-hydrogen) atoms. The molecule has 0 aliphatic rings. The first-order valence-electron chi connectivity index (χ1n) is 10.8. The van der Waals surface area contributed by atoms with Crippen LogP contribution in [0.1, 0.15) is 32.4 Å². The summed E-state index contributed by atoms with van der Waals surface area (Å²) in [4.78, 5) is 27.2. The van der Waals surface area contributed by atoms with Gasteiger partial charge in [0.1, 0.15) is 17.9 Å². The maximum atomic E-state index is 11.6. The number of aryl methyl sites for hydroxylation is 1. The first-order chi connectivity index (χ1) is 15.7. The van der Waals surface area contributed by atoms with Crippen LogP contribution in [0.15, 0.2) is 18.5 Å². The fourth-order valence-electron chi connectivity index (χ4n) is 3.09. The minimum Gasteiger partial charge on any atom is -0.468 e. The van der Waals surface area contributed by atoms with E-state index in [1.807, 2.05) is 16.6 Å². The minimum absolute atomic E-state index is 0.0970. The Labute approximate surface area is 195 Å². The van der Waals surface area contributed by atoms with Gasteiger partial charge in [0.25, 0.3) is 6.47 Å². The molecule has 0 fully saturated rings. The minimum atomic E-state index is -0.368. The molecule has 2 aromatic heterocycles. The Morgan fingerprint density at radius 3 is 2.55 bits per heavy atom. The van der Waals surface area contributed by atoms with Crippen LogP contribution < -0.4 is 5.73 Å². The largest absolute Gasteiger partial charge is 0.468 e. The van der Waals surface area contributed by atoms with Gasteiger partial charge in [-0.2, -0.15) is 5.10 Å². The Morgan fingerprint density at radius 2 is 1.97 bits per heavy atom. The number of fused-ring (bicyclic) bond motifs is 1. The third kappa shape index (κ3) is 9.72. The molecule has 11 heteroatoms. The van der Waals surface area contributed by atoms with Crippen molar-refractivity contribution in [2.75, 3.05) is 47.3 Å². The summed E-state index contributed by atoms with van der Waals surface area (Å²) in [6.45, 7) is 4.79. The van der Waals surface area contributed by atoms with E-state index >= 15 is 0 Å². The van der Waals surface area contributed by atoms with Gasteiger partial charge >= 0.3 is 5.97 Å². The molecule has 0 aliphatic carbocycles. The molecule has 2 aromatic rings. The molecule has 0 saturated heterocycles. The number of rotatable bonds is 13. The number of nitrogens with zero attached hydrogens (tertiary/aromatic N) is 4. The number of aromatic nitrogens is 3. The third-order valence-corrected chi connectivity index (χ3v) is 4.79. The molecule has 0 aliphatic heterocycles. The quantitative estimate of drug-likeness (QED) is 0.261. The van der Waals surface area contributed by atoms with Crippen LogP contribution in [0.5, 0.6) is 0 Å². The summed E-state index contributed by atoms with van der Waals surface area (Å²) in [5.41, 5.74) is 7.72.